The second-order valence-electron chi connectivity index (χ2n) is 6.35. The number of nitrogens with zero attached hydrogens (tertiary/aromatic N) is 4. The lowest BCUT2D eigenvalue weighted by Crippen LogP contribution is -2.05. The summed E-state index contributed by atoms with van der Waals surface area (Å²) in [6.45, 7) is 3.89. The topological polar surface area (TPSA) is 76.5 Å². The lowest BCUT2D eigenvalue weighted by Gasteiger charge is -2.08. The van der Waals surface area contributed by atoms with Gasteiger partial charge in [0.15, 0.2) is 16.8 Å². The minimum atomic E-state index is 0.111. The van der Waals surface area contributed by atoms with Gasteiger partial charge in [0.25, 0.3) is 0 Å². The van der Waals surface area contributed by atoms with Gasteiger partial charge in [-0.1, -0.05) is 11.8 Å². The van der Waals surface area contributed by atoms with Crippen molar-refractivity contribution in [3.8, 4) is 11.4 Å². The molecule has 3 heterocycles. The van der Waals surface area contributed by atoms with Crippen LogP contribution in [-0.4, -0.2) is 36.3 Å². The van der Waals surface area contributed by atoms with Crippen molar-refractivity contribution in [2.45, 2.75) is 37.9 Å². The average molecular weight is 353 g/mol. The molecule has 0 saturated heterocycles. The van der Waals surface area contributed by atoms with E-state index in [1.54, 1.807) is 12.4 Å². The Morgan fingerprint density at radius 3 is 2.84 bits per heavy atom. The molecule has 25 heavy (non-hydrogen) atoms. The Balaban J connectivity index is 1.56. The summed E-state index contributed by atoms with van der Waals surface area (Å²) in [5, 5.41) is 9.50. The van der Waals surface area contributed by atoms with Gasteiger partial charge in [-0.2, -0.15) is 0 Å². The summed E-state index contributed by atoms with van der Waals surface area (Å²) in [5.74, 6) is 1.30. The largest absolute Gasteiger partial charge is 0.362 e. The Hall–Kier alpha value is -2.41. The van der Waals surface area contributed by atoms with Crippen molar-refractivity contribution in [1.29, 1.82) is 0 Å². The first-order chi connectivity index (χ1) is 12.1. The summed E-state index contributed by atoms with van der Waals surface area (Å²) in [4.78, 5) is 19.9. The van der Waals surface area contributed by atoms with Crippen LogP contribution in [0, 0.1) is 13.8 Å². The second-order valence-corrected chi connectivity index (χ2v) is 7.29. The molecular formula is C18H19N5OS. The van der Waals surface area contributed by atoms with Crippen LogP contribution in [0.4, 0.5) is 0 Å². The number of aromatic nitrogens is 5. The number of aryl methyl sites for hydroxylation is 2. The van der Waals surface area contributed by atoms with Crippen LogP contribution in [0.5, 0.6) is 0 Å². The molecule has 0 bridgehead atoms. The van der Waals surface area contributed by atoms with Crippen LogP contribution in [-0.2, 0) is 0 Å². The van der Waals surface area contributed by atoms with Crippen LogP contribution in [0.3, 0.4) is 0 Å². The smallest absolute Gasteiger partial charge is 0.192 e. The van der Waals surface area contributed by atoms with E-state index >= 15 is 0 Å². The number of aromatic amines is 1. The van der Waals surface area contributed by atoms with E-state index in [9.17, 15) is 4.79 Å². The normalized spacial score (nSPS) is 14.0. The highest BCUT2D eigenvalue weighted by molar-refractivity contribution is 7.99. The first-order valence-corrected chi connectivity index (χ1v) is 9.29. The molecule has 3 aromatic heterocycles. The van der Waals surface area contributed by atoms with E-state index in [-0.39, 0.29) is 5.78 Å². The summed E-state index contributed by atoms with van der Waals surface area (Å²) in [5.41, 5.74) is 3.64. The quantitative estimate of drug-likeness (QED) is 0.541. The number of H-pyrrole nitrogens is 1. The van der Waals surface area contributed by atoms with Crippen molar-refractivity contribution in [3.63, 3.8) is 0 Å². The molecule has 0 amide bonds. The first kappa shape index (κ1) is 16.1. The maximum Gasteiger partial charge on any atom is 0.192 e. The number of ketones is 1. The fraction of sp³-hybridized carbons (Fsp3) is 0.333. The van der Waals surface area contributed by atoms with Crippen LogP contribution in [0.2, 0.25) is 0 Å². The zero-order valence-electron chi connectivity index (χ0n) is 14.2. The Morgan fingerprint density at radius 1 is 1.36 bits per heavy atom. The van der Waals surface area contributed by atoms with Gasteiger partial charge in [0, 0.05) is 41.0 Å². The number of thioether (sulfide) groups is 1. The van der Waals surface area contributed by atoms with Gasteiger partial charge in [0.05, 0.1) is 5.75 Å². The van der Waals surface area contributed by atoms with Crippen LogP contribution in [0.15, 0.2) is 35.7 Å². The lowest BCUT2D eigenvalue weighted by atomic mass is 10.2. The number of carbonyl (C=O) groups is 1. The lowest BCUT2D eigenvalue weighted by molar-refractivity contribution is 0.102. The van der Waals surface area contributed by atoms with Gasteiger partial charge in [-0.3, -0.25) is 14.3 Å². The zero-order chi connectivity index (χ0) is 17.4. The van der Waals surface area contributed by atoms with E-state index in [1.165, 1.54) is 11.8 Å². The van der Waals surface area contributed by atoms with Gasteiger partial charge in [-0.25, -0.2) is 0 Å². The number of carbonyl (C=O) groups excluding carboxylic acids is 1. The third kappa shape index (κ3) is 3.24. The summed E-state index contributed by atoms with van der Waals surface area (Å²) in [6.07, 6.45) is 5.80. The number of pyridine rings is 1. The van der Waals surface area contributed by atoms with Gasteiger partial charge >= 0.3 is 0 Å². The molecule has 1 N–H and O–H groups in total. The minimum absolute atomic E-state index is 0.111. The van der Waals surface area contributed by atoms with E-state index in [4.69, 9.17) is 0 Å². The molecule has 1 aliphatic rings. The van der Waals surface area contributed by atoms with Crippen molar-refractivity contribution in [2.75, 3.05) is 5.75 Å². The van der Waals surface area contributed by atoms with Crippen LogP contribution in [0.25, 0.3) is 11.4 Å². The second kappa shape index (κ2) is 6.48. The Morgan fingerprint density at radius 2 is 2.20 bits per heavy atom. The number of rotatable bonds is 6. The number of hydrogen-bond donors (Lipinski definition) is 1. The molecule has 1 saturated carbocycles. The fourth-order valence-electron chi connectivity index (χ4n) is 2.95. The van der Waals surface area contributed by atoms with Crippen molar-refractivity contribution < 1.29 is 4.79 Å². The van der Waals surface area contributed by atoms with E-state index in [1.807, 2.05) is 32.0 Å². The van der Waals surface area contributed by atoms with Crippen molar-refractivity contribution in [1.82, 2.24) is 24.7 Å². The zero-order valence-corrected chi connectivity index (χ0v) is 15.0. The third-order valence-corrected chi connectivity index (χ3v) is 5.22. The molecule has 0 unspecified atom stereocenters. The monoisotopic (exact) mass is 353 g/mol. The average Bonchev–Trinajstić information content (AvgIpc) is 3.27. The minimum Gasteiger partial charge on any atom is -0.362 e. The van der Waals surface area contributed by atoms with E-state index < -0.39 is 0 Å². The van der Waals surface area contributed by atoms with Gasteiger partial charge in [0.1, 0.15) is 0 Å². The van der Waals surface area contributed by atoms with Crippen molar-refractivity contribution in [2.24, 2.45) is 0 Å². The fourth-order valence-corrected chi connectivity index (χ4v) is 3.84. The van der Waals surface area contributed by atoms with Gasteiger partial charge in [0.2, 0.25) is 0 Å². The molecule has 0 spiro atoms. The highest BCUT2D eigenvalue weighted by atomic mass is 32.2. The molecule has 6 nitrogen and oxygen atoms in total. The van der Waals surface area contributed by atoms with Crippen LogP contribution < -0.4 is 0 Å². The SMILES string of the molecule is Cc1cc(C(=O)CSc2nnc(-c3cccnc3)n2C2CC2)c(C)[nH]1. The highest BCUT2D eigenvalue weighted by Gasteiger charge is 2.30. The summed E-state index contributed by atoms with van der Waals surface area (Å²) in [7, 11) is 0. The molecule has 0 aliphatic heterocycles. The molecule has 0 radical (unpaired) electrons. The van der Waals surface area contributed by atoms with Crippen molar-refractivity contribution >= 4 is 17.5 Å². The standard InChI is InChI=1S/C18H19N5OS/c1-11-8-15(12(2)20-11)16(24)10-25-18-22-21-17(23(18)14-5-6-14)13-4-3-7-19-9-13/h3-4,7-9,14,20H,5-6,10H2,1-2H3. The van der Waals surface area contributed by atoms with Gasteiger partial charge in [-0.05, 0) is 44.9 Å². The Bertz CT molecular complexity index is 911. The van der Waals surface area contributed by atoms with Gasteiger partial charge < -0.3 is 4.98 Å². The maximum atomic E-state index is 12.5. The molecule has 4 rings (SSSR count). The number of nitrogens with one attached hydrogen (secondary N) is 1. The number of hydrogen-bond acceptors (Lipinski definition) is 5. The highest BCUT2D eigenvalue weighted by Crippen LogP contribution is 2.41. The summed E-state index contributed by atoms with van der Waals surface area (Å²) in [6, 6.07) is 6.22. The summed E-state index contributed by atoms with van der Waals surface area (Å²) >= 11 is 1.46. The predicted octanol–water partition coefficient (Wildman–Crippen LogP) is 3.59. The first-order valence-electron chi connectivity index (χ1n) is 8.31. The van der Waals surface area contributed by atoms with Gasteiger partial charge in [-0.15, -0.1) is 10.2 Å². The molecule has 128 valence electrons. The molecular weight excluding hydrogens is 334 g/mol. The summed E-state index contributed by atoms with van der Waals surface area (Å²) < 4.78 is 2.16. The number of Topliss-reactive ketones (excluding diaryl/α,β-unsaturated/α-hetero) is 1. The molecule has 0 aromatic carbocycles. The molecule has 1 aliphatic carbocycles. The maximum absolute atomic E-state index is 12.5. The molecule has 3 aromatic rings. The van der Waals surface area contributed by atoms with E-state index in [2.05, 4.69) is 24.7 Å². The van der Waals surface area contributed by atoms with Crippen molar-refractivity contribution in [3.05, 3.63) is 47.5 Å². The molecule has 1 fully saturated rings. The third-order valence-electron chi connectivity index (χ3n) is 4.28. The Labute approximate surface area is 150 Å². The van der Waals surface area contributed by atoms with E-state index in [0.717, 1.165) is 46.3 Å². The van der Waals surface area contributed by atoms with E-state index in [0.29, 0.717) is 11.8 Å². The van der Waals surface area contributed by atoms with Crippen LogP contribution >= 0.6 is 11.8 Å². The van der Waals surface area contributed by atoms with Crippen LogP contribution in [0.1, 0.15) is 40.6 Å². The predicted molar refractivity (Wildman–Crippen MR) is 96.8 cm³/mol. The molecule has 7 heteroatoms. The Kier molecular flexibility index (Phi) is 4.17. The molecule has 0 atom stereocenters.